The maximum Gasteiger partial charge on any atom is 0.137 e. The van der Waals surface area contributed by atoms with E-state index in [1.54, 1.807) is 0 Å². The second-order valence-corrected chi connectivity index (χ2v) is 5.59. The van der Waals surface area contributed by atoms with Gasteiger partial charge in [0, 0.05) is 42.5 Å². The van der Waals surface area contributed by atoms with Crippen molar-refractivity contribution in [1.29, 1.82) is 0 Å². The number of rotatable bonds is 2. The van der Waals surface area contributed by atoms with Crippen LogP contribution in [0.4, 0.5) is 17.3 Å². The van der Waals surface area contributed by atoms with E-state index in [2.05, 4.69) is 31.9 Å². The summed E-state index contributed by atoms with van der Waals surface area (Å²) in [6, 6.07) is 7.98. The Morgan fingerprint density at radius 2 is 1.62 bits per heavy atom. The highest BCUT2D eigenvalue weighted by Gasteiger charge is 2.20. The first-order valence-electron chi connectivity index (χ1n) is 6.97. The van der Waals surface area contributed by atoms with E-state index in [1.165, 1.54) is 12.0 Å². The topological polar surface area (TPSA) is 58.3 Å². The zero-order valence-corrected chi connectivity index (χ0v) is 12.7. The van der Waals surface area contributed by atoms with Crippen LogP contribution in [0.5, 0.6) is 0 Å². The fourth-order valence-electron chi connectivity index (χ4n) is 2.60. The summed E-state index contributed by atoms with van der Waals surface area (Å²) in [7, 11) is 0. The highest BCUT2D eigenvalue weighted by atomic mass is 35.5. The Balaban J connectivity index is 1.70. The van der Waals surface area contributed by atoms with Crippen molar-refractivity contribution in [2.24, 2.45) is 0 Å². The normalized spacial score (nSPS) is 15.3. The van der Waals surface area contributed by atoms with Crippen LogP contribution in [0.15, 0.2) is 30.6 Å². The standard InChI is InChI=1S/C15H18ClN5/c1-11-14(17)18-10-19-15(11)21-8-6-20(7-9-21)13-4-2-12(16)3-5-13/h2-5,10H,6-9H2,1H3,(H2,17,18,19). The van der Waals surface area contributed by atoms with Gasteiger partial charge in [-0.15, -0.1) is 0 Å². The van der Waals surface area contributed by atoms with Crippen molar-refractivity contribution in [3.8, 4) is 0 Å². The highest BCUT2D eigenvalue weighted by Crippen LogP contribution is 2.24. The number of anilines is 3. The van der Waals surface area contributed by atoms with Crippen LogP contribution >= 0.6 is 11.6 Å². The van der Waals surface area contributed by atoms with Gasteiger partial charge in [-0.25, -0.2) is 9.97 Å². The van der Waals surface area contributed by atoms with Crippen molar-refractivity contribution in [1.82, 2.24) is 9.97 Å². The predicted octanol–water partition coefficient (Wildman–Crippen LogP) is 2.35. The van der Waals surface area contributed by atoms with Crippen LogP contribution in [0.3, 0.4) is 0 Å². The molecule has 1 aromatic carbocycles. The first kappa shape index (κ1) is 13.9. The van der Waals surface area contributed by atoms with E-state index < -0.39 is 0 Å². The third-order valence-electron chi connectivity index (χ3n) is 3.87. The molecule has 0 aliphatic carbocycles. The second kappa shape index (κ2) is 5.77. The average molecular weight is 304 g/mol. The molecule has 0 atom stereocenters. The van der Waals surface area contributed by atoms with Gasteiger partial charge in [-0.1, -0.05) is 11.6 Å². The van der Waals surface area contributed by atoms with Gasteiger partial charge >= 0.3 is 0 Å². The first-order chi connectivity index (χ1) is 10.1. The molecule has 0 saturated carbocycles. The molecule has 2 N–H and O–H groups in total. The van der Waals surface area contributed by atoms with Crippen LogP contribution in [0.1, 0.15) is 5.56 Å². The summed E-state index contributed by atoms with van der Waals surface area (Å²) >= 11 is 5.93. The van der Waals surface area contributed by atoms with E-state index >= 15 is 0 Å². The Labute approximate surface area is 129 Å². The monoisotopic (exact) mass is 303 g/mol. The zero-order chi connectivity index (χ0) is 14.8. The number of piperazine rings is 1. The van der Waals surface area contributed by atoms with Gasteiger partial charge in [0.25, 0.3) is 0 Å². The lowest BCUT2D eigenvalue weighted by atomic mass is 10.2. The molecule has 21 heavy (non-hydrogen) atoms. The number of nitrogens with zero attached hydrogens (tertiary/aromatic N) is 4. The number of nitrogens with two attached hydrogens (primary N) is 1. The Morgan fingerprint density at radius 3 is 2.29 bits per heavy atom. The van der Waals surface area contributed by atoms with Gasteiger partial charge in [0.2, 0.25) is 0 Å². The Morgan fingerprint density at radius 1 is 1.00 bits per heavy atom. The van der Waals surface area contributed by atoms with Gasteiger partial charge in [0.1, 0.15) is 18.0 Å². The number of hydrogen-bond donors (Lipinski definition) is 1. The average Bonchev–Trinajstić information content (AvgIpc) is 2.51. The van der Waals surface area contributed by atoms with E-state index in [4.69, 9.17) is 17.3 Å². The molecule has 3 rings (SSSR count). The SMILES string of the molecule is Cc1c(N)ncnc1N1CCN(c2ccc(Cl)cc2)CC1. The molecule has 1 fully saturated rings. The summed E-state index contributed by atoms with van der Waals surface area (Å²) in [4.78, 5) is 13.0. The number of nitrogen functional groups attached to an aromatic ring is 1. The zero-order valence-electron chi connectivity index (χ0n) is 12.0. The molecule has 2 aromatic rings. The second-order valence-electron chi connectivity index (χ2n) is 5.16. The summed E-state index contributed by atoms with van der Waals surface area (Å²) in [6.07, 6.45) is 1.53. The predicted molar refractivity (Wildman–Crippen MR) is 87.1 cm³/mol. The van der Waals surface area contributed by atoms with E-state index in [1.807, 2.05) is 19.1 Å². The van der Waals surface area contributed by atoms with Crippen molar-refractivity contribution in [3.63, 3.8) is 0 Å². The molecule has 0 unspecified atom stereocenters. The number of benzene rings is 1. The van der Waals surface area contributed by atoms with Gasteiger partial charge in [-0.05, 0) is 31.2 Å². The molecular weight excluding hydrogens is 286 g/mol. The lowest BCUT2D eigenvalue weighted by Crippen LogP contribution is -2.47. The van der Waals surface area contributed by atoms with Crippen LogP contribution in [0.2, 0.25) is 5.02 Å². The molecule has 6 heteroatoms. The van der Waals surface area contributed by atoms with Crippen LogP contribution < -0.4 is 15.5 Å². The maximum absolute atomic E-state index is 5.93. The third-order valence-corrected chi connectivity index (χ3v) is 4.12. The van der Waals surface area contributed by atoms with E-state index in [9.17, 15) is 0 Å². The minimum atomic E-state index is 0.556. The minimum Gasteiger partial charge on any atom is -0.383 e. The van der Waals surface area contributed by atoms with Crippen LogP contribution in [-0.2, 0) is 0 Å². The summed E-state index contributed by atoms with van der Waals surface area (Å²) in [6.45, 7) is 5.70. The minimum absolute atomic E-state index is 0.556. The molecule has 110 valence electrons. The van der Waals surface area contributed by atoms with Crippen molar-refractivity contribution in [2.45, 2.75) is 6.92 Å². The smallest absolute Gasteiger partial charge is 0.137 e. The fraction of sp³-hybridized carbons (Fsp3) is 0.333. The lowest BCUT2D eigenvalue weighted by molar-refractivity contribution is 0.645. The molecule has 1 saturated heterocycles. The molecular formula is C15H18ClN5. The number of hydrogen-bond acceptors (Lipinski definition) is 5. The van der Waals surface area contributed by atoms with E-state index in [0.29, 0.717) is 5.82 Å². The fourth-order valence-corrected chi connectivity index (χ4v) is 2.73. The van der Waals surface area contributed by atoms with E-state index in [-0.39, 0.29) is 0 Å². The van der Waals surface area contributed by atoms with Crippen molar-refractivity contribution >= 4 is 28.9 Å². The molecule has 0 amide bonds. The van der Waals surface area contributed by atoms with Crippen molar-refractivity contribution in [3.05, 3.63) is 41.2 Å². The molecule has 1 aromatic heterocycles. The van der Waals surface area contributed by atoms with Gasteiger partial charge in [0.05, 0.1) is 0 Å². The highest BCUT2D eigenvalue weighted by molar-refractivity contribution is 6.30. The maximum atomic E-state index is 5.93. The van der Waals surface area contributed by atoms with Crippen molar-refractivity contribution in [2.75, 3.05) is 41.7 Å². The van der Waals surface area contributed by atoms with Gasteiger partial charge < -0.3 is 15.5 Å². The van der Waals surface area contributed by atoms with Crippen LogP contribution in [-0.4, -0.2) is 36.1 Å². The number of halogens is 1. The molecule has 1 aliphatic heterocycles. The Bertz CT molecular complexity index is 620. The van der Waals surface area contributed by atoms with Crippen LogP contribution in [0, 0.1) is 6.92 Å². The van der Waals surface area contributed by atoms with E-state index in [0.717, 1.165) is 42.6 Å². The summed E-state index contributed by atoms with van der Waals surface area (Å²) in [5, 5.41) is 0.768. The van der Waals surface area contributed by atoms with Gasteiger partial charge in [-0.2, -0.15) is 0 Å². The summed E-state index contributed by atoms with van der Waals surface area (Å²) < 4.78 is 0. The molecule has 0 radical (unpaired) electrons. The lowest BCUT2D eigenvalue weighted by Gasteiger charge is -2.37. The molecule has 0 spiro atoms. The summed E-state index contributed by atoms with van der Waals surface area (Å²) in [5.74, 6) is 1.50. The molecule has 5 nitrogen and oxygen atoms in total. The van der Waals surface area contributed by atoms with Crippen molar-refractivity contribution < 1.29 is 0 Å². The Hall–Kier alpha value is -2.01. The third kappa shape index (κ3) is 2.88. The van der Waals surface area contributed by atoms with Crippen LogP contribution in [0.25, 0.3) is 0 Å². The first-order valence-corrected chi connectivity index (χ1v) is 7.35. The Kier molecular flexibility index (Phi) is 3.84. The molecule has 2 heterocycles. The number of aromatic nitrogens is 2. The van der Waals surface area contributed by atoms with Gasteiger partial charge in [-0.3, -0.25) is 0 Å². The quantitative estimate of drug-likeness (QED) is 0.923. The molecule has 0 bridgehead atoms. The van der Waals surface area contributed by atoms with Gasteiger partial charge in [0.15, 0.2) is 0 Å². The molecule has 1 aliphatic rings. The largest absolute Gasteiger partial charge is 0.383 e. The summed E-state index contributed by atoms with van der Waals surface area (Å²) in [5.41, 5.74) is 8.02.